The van der Waals surface area contributed by atoms with E-state index in [0.29, 0.717) is 18.0 Å². The van der Waals surface area contributed by atoms with Crippen LogP contribution in [0.2, 0.25) is 0 Å². The Hall–Kier alpha value is -2.63. The fourth-order valence-corrected chi connectivity index (χ4v) is 2.82. The molecular weight excluding hydrogens is 335 g/mol. The molecule has 140 valence electrons. The van der Waals surface area contributed by atoms with Crippen LogP contribution < -0.4 is 4.90 Å². The number of hydrogen-bond donors (Lipinski definition) is 1. The molecule has 1 aromatic heterocycles. The molecule has 1 amide bonds. The minimum atomic E-state index is -0.414. The number of benzene rings is 1. The third kappa shape index (κ3) is 4.12. The lowest BCUT2D eigenvalue weighted by Crippen LogP contribution is -2.34. The molecule has 0 spiro atoms. The maximum absolute atomic E-state index is 13.3. The molecule has 6 heteroatoms. The zero-order valence-electron chi connectivity index (χ0n) is 15.9. The Balaban J connectivity index is 2.41. The average Bonchev–Trinajstić information content (AvgIpc) is 2.88. The molecule has 0 unspecified atom stereocenters. The van der Waals surface area contributed by atoms with Crippen molar-refractivity contribution < 1.29 is 18.7 Å². The Bertz CT molecular complexity index is 794. The lowest BCUT2D eigenvalue weighted by molar-refractivity contribution is -0.121. The van der Waals surface area contributed by atoms with Crippen LogP contribution in [-0.4, -0.2) is 23.5 Å². The first-order valence-electron chi connectivity index (χ1n) is 8.68. The van der Waals surface area contributed by atoms with Gasteiger partial charge in [-0.15, -0.1) is 0 Å². The number of nitrogens with zero attached hydrogens (tertiary/aromatic N) is 1. The van der Waals surface area contributed by atoms with Crippen LogP contribution in [0.1, 0.15) is 48.1 Å². The van der Waals surface area contributed by atoms with Crippen molar-refractivity contribution in [2.45, 2.75) is 41.2 Å². The van der Waals surface area contributed by atoms with Gasteiger partial charge in [0.1, 0.15) is 11.5 Å². The quantitative estimate of drug-likeness (QED) is 0.788. The van der Waals surface area contributed by atoms with Crippen molar-refractivity contribution in [3.05, 3.63) is 52.6 Å². The van der Waals surface area contributed by atoms with Gasteiger partial charge in [0.05, 0.1) is 13.2 Å². The van der Waals surface area contributed by atoms with Gasteiger partial charge in [-0.1, -0.05) is 13.8 Å². The number of amides is 1. The van der Waals surface area contributed by atoms with E-state index < -0.39 is 5.97 Å². The monoisotopic (exact) mass is 360 g/mol. The number of carbonyl (C=O) groups excluding carboxylic acids is 2. The van der Waals surface area contributed by atoms with E-state index in [1.54, 1.807) is 24.0 Å². The van der Waals surface area contributed by atoms with Gasteiger partial charge >= 0.3 is 5.97 Å². The highest BCUT2D eigenvalue weighted by atomic mass is 19.1. The maximum atomic E-state index is 13.3. The third-order valence-corrected chi connectivity index (χ3v) is 4.29. The smallest absolute Gasteiger partial charge is 0.355 e. The molecule has 0 saturated carbocycles. The highest BCUT2D eigenvalue weighted by Gasteiger charge is 2.24. The highest BCUT2D eigenvalue weighted by Crippen LogP contribution is 2.25. The number of anilines is 1. The average molecular weight is 360 g/mol. The molecule has 0 saturated heterocycles. The van der Waals surface area contributed by atoms with Crippen molar-refractivity contribution in [2.24, 2.45) is 5.92 Å². The third-order valence-electron chi connectivity index (χ3n) is 4.29. The largest absolute Gasteiger partial charge is 0.461 e. The fraction of sp³-hybridized carbons (Fsp3) is 0.400. The SMILES string of the molecule is CCOC(=O)c1[nH]c(C)c(CN(C(=O)C(C)C)c2ccc(F)cc2)c1C. The van der Waals surface area contributed by atoms with E-state index in [9.17, 15) is 14.0 Å². The van der Waals surface area contributed by atoms with Gasteiger partial charge in [-0.25, -0.2) is 9.18 Å². The normalized spacial score (nSPS) is 10.9. The van der Waals surface area contributed by atoms with Crippen LogP contribution in [-0.2, 0) is 16.1 Å². The fourth-order valence-electron chi connectivity index (χ4n) is 2.82. The highest BCUT2D eigenvalue weighted by molar-refractivity contribution is 5.95. The molecule has 0 fully saturated rings. The number of esters is 1. The standard InChI is InChI=1S/C20H25FN2O3/c1-6-26-20(25)18-13(4)17(14(5)22-18)11-23(19(24)12(2)3)16-9-7-15(21)8-10-16/h7-10,12,22H,6,11H2,1-5H3. The number of nitrogens with one attached hydrogen (secondary N) is 1. The lowest BCUT2D eigenvalue weighted by Gasteiger charge is -2.25. The Morgan fingerprint density at radius 1 is 1.19 bits per heavy atom. The molecule has 2 rings (SSSR count). The zero-order valence-corrected chi connectivity index (χ0v) is 15.9. The second-order valence-corrected chi connectivity index (χ2v) is 6.50. The van der Waals surface area contributed by atoms with Crippen molar-refractivity contribution in [1.82, 2.24) is 4.98 Å². The van der Waals surface area contributed by atoms with Gasteiger partial charge < -0.3 is 14.6 Å². The maximum Gasteiger partial charge on any atom is 0.355 e. The van der Waals surface area contributed by atoms with Crippen LogP contribution >= 0.6 is 0 Å². The number of rotatable bonds is 6. The minimum absolute atomic E-state index is 0.0747. The van der Waals surface area contributed by atoms with Gasteiger partial charge in [0.15, 0.2) is 0 Å². The molecule has 0 bridgehead atoms. The van der Waals surface area contributed by atoms with E-state index in [1.807, 2.05) is 27.7 Å². The number of aromatic nitrogens is 1. The van der Waals surface area contributed by atoms with Crippen LogP contribution in [0.5, 0.6) is 0 Å². The summed E-state index contributed by atoms with van der Waals surface area (Å²) < 4.78 is 18.3. The van der Waals surface area contributed by atoms with Crippen molar-refractivity contribution in [1.29, 1.82) is 0 Å². The molecule has 26 heavy (non-hydrogen) atoms. The molecule has 1 heterocycles. The van der Waals surface area contributed by atoms with Crippen LogP contribution in [0.3, 0.4) is 0 Å². The Morgan fingerprint density at radius 2 is 1.81 bits per heavy atom. The van der Waals surface area contributed by atoms with Crippen LogP contribution in [0.25, 0.3) is 0 Å². The summed E-state index contributed by atoms with van der Waals surface area (Å²) in [5.74, 6) is -1.06. The van der Waals surface area contributed by atoms with E-state index >= 15 is 0 Å². The van der Waals surface area contributed by atoms with Crippen LogP contribution in [0.15, 0.2) is 24.3 Å². The number of hydrogen-bond acceptors (Lipinski definition) is 3. The summed E-state index contributed by atoms with van der Waals surface area (Å²) >= 11 is 0. The summed E-state index contributed by atoms with van der Waals surface area (Å²) in [7, 11) is 0. The number of aryl methyl sites for hydroxylation is 1. The first-order chi connectivity index (χ1) is 12.3. The van der Waals surface area contributed by atoms with E-state index in [0.717, 1.165) is 16.8 Å². The van der Waals surface area contributed by atoms with Gasteiger partial charge in [0.25, 0.3) is 0 Å². The molecule has 0 aliphatic rings. The number of aromatic amines is 1. The number of carbonyl (C=O) groups is 2. The Labute approximate surface area is 153 Å². The van der Waals surface area contributed by atoms with E-state index in [2.05, 4.69) is 4.98 Å². The van der Waals surface area contributed by atoms with Crippen molar-refractivity contribution >= 4 is 17.6 Å². The Kier molecular flexibility index (Phi) is 6.18. The molecule has 0 aliphatic carbocycles. The van der Waals surface area contributed by atoms with Crippen molar-refractivity contribution in [3.8, 4) is 0 Å². The van der Waals surface area contributed by atoms with Crippen molar-refractivity contribution in [3.63, 3.8) is 0 Å². The molecule has 1 aromatic carbocycles. The topological polar surface area (TPSA) is 62.4 Å². The van der Waals surface area contributed by atoms with E-state index in [1.165, 1.54) is 12.1 Å². The summed E-state index contributed by atoms with van der Waals surface area (Å²) in [6.07, 6.45) is 0. The summed E-state index contributed by atoms with van der Waals surface area (Å²) in [5, 5.41) is 0. The molecule has 0 radical (unpaired) electrons. The predicted octanol–water partition coefficient (Wildman–Crippen LogP) is 4.14. The molecule has 0 aliphatic heterocycles. The first kappa shape index (κ1) is 19.7. The molecule has 1 N–H and O–H groups in total. The zero-order chi connectivity index (χ0) is 19.4. The van der Waals surface area contributed by atoms with Crippen LogP contribution in [0.4, 0.5) is 10.1 Å². The van der Waals surface area contributed by atoms with Gasteiger partial charge in [-0.3, -0.25) is 4.79 Å². The Morgan fingerprint density at radius 3 is 2.35 bits per heavy atom. The van der Waals surface area contributed by atoms with Crippen molar-refractivity contribution in [2.75, 3.05) is 11.5 Å². The molecule has 5 nitrogen and oxygen atoms in total. The number of halogens is 1. The number of ether oxygens (including phenoxy) is 1. The van der Waals surface area contributed by atoms with Gasteiger partial charge in [0, 0.05) is 17.3 Å². The molecule has 0 atom stereocenters. The van der Waals surface area contributed by atoms with Gasteiger partial charge in [0.2, 0.25) is 5.91 Å². The van der Waals surface area contributed by atoms with Gasteiger partial charge in [-0.05, 0) is 56.2 Å². The lowest BCUT2D eigenvalue weighted by atomic mass is 10.1. The first-order valence-corrected chi connectivity index (χ1v) is 8.68. The second-order valence-electron chi connectivity index (χ2n) is 6.50. The van der Waals surface area contributed by atoms with Gasteiger partial charge in [-0.2, -0.15) is 0 Å². The number of H-pyrrole nitrogens is 1. The predicted molar refractivity (Wildman–Crippen MR) is 98.7 cm³/mol. The summed E-state index contributed by atoms with van der Waals surface area (Å²) in [6, 6.07) is 5.83. The molecular formula is C20H25FN2O3. The summed E-state index contributed by atoms with van der Waals surface area (Å²) in [5.41, 5.74) is 3.42. The van der Waals surface area contributed by atoms with E-state index in [-0.39, 0.29) is 24.2 Å². The second kappa shape index (κ2) is 8.17. The molecule has 2 aromatic rings. The summed E-state index contributed by atoms with van der Waals surface area (Å²) in [4.78, 5) is 29.5. The van der Waals surface area contributed by atoms with Crippen LogP contribution in [0, 0.1) is 25.6 Å². The summed E-state index contributed by atoms with van der Waals surface area (Å²) in [6.45, 7) is 9.65. The minimum Gasteiger partial charge on any atom is -0.461 e. The van der Waals surface area contributed by atoms with E-state index in [4.69, 9.17) is 4.74 Å².